The van der Waals surface area contributed by atoms with Crippen molar-refractivity contribution in [2.45, 2.75) is 30.6 Å². The van der Waals surface area contributed by atoms with E-state index in [0.29, 0.717) is 5.56 Å². The Bertz CT molecular complexity index is 1130. The predicted molar refractivity (Wildman–Crippen MR) is 112 cm³/mol. The summed E-state index contributed by atoms with van der Waals surface area (Å²) in [6, 6.07) is 1.50. The van der Waals surface area contributed by atoms with Crippen LogP contribution in [-0.4, -0.2) is 81.1 Å². The minimum Gasteiger partial charge on any atom is -0.505 e. The van der Waals surface area contributed by atoms with Gasteiger partial charge in [-0.25, -0.2) is 0 Å². The van der Waals surface area contributed by atoms with Gasteiger partial charge in [0.2, 0.25) is 5.91 Å². The lowest BCUT2D eigenvalue weighted by molar-refractivity contribution is -0.196. The van der Waals surface area contributed by atoms with Gasteiger partial charge in [-0.05, 0) is 31.6 Å². The Morgan fingerprint density at radius 1 is 1.12 bits per heavy atom. The number of nitrogen functional groups attached to an aromatic ring is 1. The van der Waals surface area contributed by atoms with Gasteiger partial charge >= 0.3 is 0 Å². The third-order valence-electron chi connectivity index (χ3n) is 7.52. The van der Waals surface area contributed by atoms with Gasteiger partial charge in [0, 0.05) is 5.92 Å². The molecule has 0 bridgehead atoms. The minimum atomic E-state index is -3.01. The highest BCUT2D eigenvalue weighted by Gasteiger charge is 2.72. The molecular weight excluding hydrogens is 434 g/mol. The quantitative estimate of drug-likeness (QED) is 0.187. The molecule has 1 aromatic carbocycles. The molecule has 0 radical (unpaired) electrons. The van der Waals surface area contributed by atoms with E-state index in [1.165, 1.54) is 31.1 Å². The number of Topliss-reactive ketones (excluding diaryl/α,β-unsaturated/α-hetero) is 4. The monoisotopic (exact) mass is 459 g/mol. The van der Waals surface area contributed by atoms with Gasteiger partial charge in [0.15, 0.2) is 34.7 Å². The second kappa shape index (κ2) is 7.17. The molecule has 3 aliphatic rings. The molecule has 1 amide bonds. The summed E-state index contributed by atoms with van der Waals surface area (Å²) >= 11 is 0. The van der Waals surface area contributed by atoms with Gasteiger partial charge in [-0.15, -0.1) is 0 Å². The van der Waals surface area contributed by atoms with Crippen molar-refractivity contribution in [1.82, 2.24) is 4.90 Å². The number of nitrogens with zero attached hydrogens (tertiary/aromatic N) is 1. The van der Waals surface area contributed by atoms with E-state index in [1.54, 1.807) is 6.92 Å². The summed E-state index contributed by atoms with van der Waals surface area (Å²) in [6.07, 6.45) is -1.65. The molecule has 7 N–H and O–H groups in total. The number of rotatable bonds is 2. The average Bonchev–Trinajstić information content (AvgIpc) is 2.72. The predicted octanol–water partition coefficient (Wildman–Crippen LogP) is -2.02. The number of primary amides is 1. The van der Waals surface area contributed by atoms with Crippen LogP contribution in [0.5, 0.6) is 5.75 Å². The Morgan fingerprint density at radius 2 is 1.73 bits per heavy atom. The topological polar surface area (TPSA) is 201 Å². The van der Waals surface area contributed by atoms with Crippen molar-refractivity contribution >= 4 is 34.7 Å². The molecule has 2 unspecified atom stereocenters. The van der Waals surface area contributed by atoms with E-state index < -0.39 is 82.1 Å². The van der Waals surface area contributed by atoms with Crippen molar-refractivity contribution in [2.75, 3.05) is 19.8 Å². The molecule has 2 fully saturated rings. The fourth-order valence-corrected chi connectivity index (χ4v) is 6.01. The first-order valence-electron chi connectivity index (χ1n) is 10.4. The van der Waals surface area contributed by atoms with Gasteiger partial charge < -0.3 is 26.8 Å². The number of aliphatic hydroxyl groups excluding tert-OH is 1. The Hall–Kier alpha value is -3.15. The summed E-state index contributed by atoms with van der Waals surface area (Å²) in [5.74, 6) is -13.6. The first kappa shape index (κ1) is 23.0. The maximum Gasteiger partial charge on any atom is 0.235 e. The molecule has 1 aromatic rings. The average molecular weight is 459 g/mol. The molecule has 2 saturated carbocycles. The van der Waals surface area contributed by atoms with Gasteiger partial charge in [-0.1, -0.05) is 13.0 Å². The number of aromatic hydroxyl groups is 1. The third kappa shape index (κ3) is 2.69. The van der Waals surface area contributed by atoms with Crippen LogP contribution in [0.15, 0.2) is 12.1 Å². The fraction of sp³-hybridized carbons (Fsp3) is 0.500. The smallest absolute Gasteiger partial charge is 0.235 e. The zero-order chi connectivity index (χ0) is 24.7. The SMILES string of the molecule is C[C@@H]1c2ccc(N)c(O)c2C(=O)C2C(=O)[C@@]3(O)C(=O)C(C(N)=O)C(=O)[C@H](N(C)C)[C@H]3[C@H](O)[C@H]21. The zero-order valence-corrected chi connectivity index (χ0v) is 18.2. The van der Waals surface area contributed by atoms with Crippen LogP contribution in [0.1, 0.15) is 28.8 Å². The number of amides is 1. The number of benzene rings is 1. The Balaban J connectivity index is 1.97. The molecular formula is C22H25N3O8. The van der Waals surface area contributed by atoms with Crippen LogP contribution >= 0.6 is 0 Å². The number of anilines is 1. The second-order valence-corrected chi connectivity index (χ2v) is 9.33. The summed E-state index contributed by atoms with van der Waals surface area (Å²) in [6.45, 7) is 1.63. The summed E-state index contributed by atoms with van der Waals surface area (Å²) in [5, 5.41) is 33.3. The van der Waals surface area contributed by atoms with Gasteiger partial charge in [-0.3, -0.25) is 28.9 Å². The van der Waals surface area contributed by atoms with Crippen LogP contribution in [0, 0.1) is 23.7 Å². The lowest BCUT2D eigenvalue weighted by Gasteiger charge is -2.56. The van der Waals surface area contributed by atoms with Crippen molar-refractivity contribution in [2.24, 2.45) is 29.4 Å². The lowest BCUT2D eigenvalue weighted by atomic mass is 9.49. The number of nitrogens with two attached hydrogens (primary N) is 2. The number of likely N-dealkylation sites (N-methyl/N-ethyl adjacent to an activating group) is 1. The molecule has 8 atom stereocenters. The van der Waals surface area contributed by atoms with Crippen molar-refractivity contribution < 1.29 is 39.3 Å². The van der Waals surface area contributed by atoms with Crippen molar-refractivity contribution in [3.05, 3.63) is 23.3 Å². The number of phenolic OH excluding ortho intramolecular Hbond substituents is 1. The maximum atomic E-state index is 13.7. The molecule has 0 aliphatic heterocycles. The van der Waals surface area contributed by atoms with E-state index in [9.17, 15) is 39.3 Å². The Kier molecular flexibility index (Phi) is 5.00. The highest BCUT2D eigenvalue weighted by Crippen LogP contribution is 2.54. The molecule has 176 valence electrons. The Morgan fingerprint density at radius 3 is 2.27 bits per heavy atom. The zero-order valence-electron chi connectivity index (χ0n) is 18.2. The molecule has 0 aromatic heterocycles. The van der Waals surface area contributed by atoms with Gasteiger partial charge in [0.05, 0.1) is 35.2 Å². The number of phenols is 1. The van der Waals surface area contributed by atoms with Crippen LogP contribution in [0.25, 0.3) is 0 Å². The van der Waals surface area contributed by atoms with Gasteiger partial charge in [-0.2, -0.15) is 0 Å². The molecule has 11 nitrogen and oxygen atoms in total. The van der Waals surface area contributed by atoms with E-state index in [4.69, 9.17) is 11.5 Å². The number of carbonyl (C=O) groups is 5. The van der Waals surface area contributed by atoms with Gasteiger partial charge in [0.25, 0.3) is 0 Å². The van der Waals surface area contributed by atoms with Gasteiger partial charge in [0.1, 0.15) is 5.75 Å². The molecule has 0 heterocycles. The second-order valence-electron chi connectivity index (χ2n) is 9.33. The minimum absolute atomic E-state index is 0.103. The van der Waals surface area contributed by atoms with Crippen molar-refractivity contribution in [3.63, 3.8) is 0 Å². The number of hydrogen-bond donors (Lipinski definition) is 5. The number of fused-ring (bicyclic) bond motifs is 3. The highest BCUT2D eigenvalue weighted by atomic mass is 16.3. The van der Waals surface area contributed by atoms with Crippen LogP contribution in [-0.2, 0) is 19.2 Å². The summed E-state index contributed by atoms with van der Waals surface area (Å²) < 4.78 is 0. The highest BCUT2D eigenvalue weighted by molar-refractivity contribution is 6.32. The van der Waals surface area contributed by atoms with E-state index in [0.717, 1.165) is 0 Å². The largest absolute Gasteiger partial charge is 0.505 e. The van der Waals surface area contributed by atoms with E-state index in [1.807, 2.05) is 0 Å². The van der Waals surface area contributed by atoms with Crippen molar-refractivity contribution in [1.29, 1.82) is 0 Å². The Labute approximate surface area is 188 Å². The lowest BCUT2D eigenvalue weighted by Crippen LogP contribution is -2.77. The summed E-state index contributed by atoms with van der Waals surface area (Å²) in [5.41, 5.74) is 7.98. The summed E-state index contributed by atoms with van der Waals surface area (Å²) in [4.78, 5) is 66.6. The van der Waals surface area contributed by atoms with Crippen LogP contribution in [0.3, 0.4) is 0 Å². The third-order valence-corrected chi connectivity index (χ3v) is 7.52. The molecule has 3 aliphatic carbocycles. The number of aliphatic hydroxyl groups is 2. The van der Waals surface area contributed by atoms with E-state index in [2.05, 4.69) is 0 Å². The fourth-order valence-electron chi connectivity index (χ4n) is 6.01. The van der Waals surface area contributed by atoms with E-state index in [-0.39, 0.29) is 11.3 Å². The summed E-state index contributed by atoms with van der Waals surface area (Å²) in [7, 11) is 2.87. The molecule has 0 saturated heterocycles. The molecule has 4 rings (SSSR count). The normalized spacial score (nSPS) is 38.1. The van der Waals surface area contributed by atoms with Crippen LogP contribution in [0.2, 0.25) is 0 Å². The first-order chi connectivity index (χ1) is 15.3. The number of carbonyl (C=O) groups excluding carboxylic acids is 5. The number of hydrogen-bond acceptors (Lipinski definition) is 10. The molecule has 33 heavy (non-hydrogen) atoms. The van der Waals surface area contributed by atoms with Crippen LogP contribution < -0.4 is 11.5 Å². The molecule has 0 spiro atoms. The van der Waals surface area contributed by atoms with E-state index >= 15 is 0 Å². The standard InChI is InChI=1S/C22H25N3O8/c1-6-7-4-5-8(23)15(26)10(7)16(27)11-9(6)17(28)13-14(25(2)3)18(29)12(21(24)32)20(31)22(13,33)19(11)30/h4-6,9,11-14,17,26,28,33H,23H2,1-3H3,(H2,24,32)/t6-,9+,11?,12?,13+,14-,17-,22-/m1/s1. The maximum absolute atomic E-state index is 13.7. The number of ketones is 4. The first-order valence-corrected chi connectivity index (χ1v) is 10.4. The molecule has 11 heteroatoms. The van der Waals surface area contributed by atoms with Crippen LogP contribution in [0.4, 0.5) is 5.69 Å². The van der Waals surface area contributed by atoms with Crippen molar-refractivity contribution in [3.8, 4) is 5.75 Å².